The molecule has 0 saturated heterocycles. The van der Waals surface area contributed by atoms with Gasteiger partial charge < -0.3 is 10.6 Å². The van der Waals surface area contributed by atoms with Gasteiger partial charge >= 0.3 is 0 Å². The van der Waals surface area contributed by atoms with Crippen LogP contribution < -0.4 is 10.6 Å². The molecule has 0 fully saturated rings. The summed E-state index contributed by atoms with van der Waals surface area (Å²) in [5.41, 5.74) is 1.77. The highest BCUT2D eigenvalue weighted by Gasteiger charge is 2.11. The molecule has 0 heterocycles. The maximum Gasteiger partial charge on any atom is 0.251 e. The van der Waals surface area contributed by atoms with E-state index < -0.39 is 0 Å². The lowest BCUT2D eigenvalue weighted by Crippen LogP contribution is -2.36. The highest BCUT2D eigenvalue weighted by atomic mass is 32.2. The van der Waals surface area contributed by atoms with E-state index in [1.165, 1.54) is 0 Å². The molecular weight excluding hydrogens is 244 g/mol. The number of rotatable bonds is 7. The van der Waals surface area contributed by atoms with Crippen molar-refractivity contribution >= 4 is 23.4 Å². The maximum absolute atomic E-state index is 12.0. The molecule has 1 rings (SSSR count). The third-order valence-electron chi connectivity index (χ3n) is 2.72. The number of benzene rings is 1. The number of thioether (sulfide) groups is 1. The van der Waals surface area contributed by atoms with Crippen molar-refractivity contribution in [2.24, 2.45) is 0 Å². The maximum atomic E-state index is 12.0. The molecule has 18 heavy (non-hydrogen) atoms. The molecule has 0 aromatic heterocycles. The highest BCUT2D eigenvalue weighted by molar-refractivity contribution is 7.98. The zero-order valence-corrected chi connectivity index (χ0v) is 12.1. The van der Waals surface area contributed by atoms with Crippen LogP contribution in [0.25, 0.3) is 0 Å². The Balaban J connectivity index is 2.60. The van der Waals surface area contributed by atoms with E-state index in [1.54, 1.807) is 11.8 Å². The van der Waals surface area contributed by atoms with Gasteiger partial charge in [-0.25, -0.2) is 0 Å². The number of nitrogens with one attached hydrogen (secondary N) is 2. The van der Waals surface area contributed by atoms with E-state index in [-0.39, 0.29) is 11.9 Å². The minimum atomic E-state index is 0.0129. The molecule has 1 amide bonds. The predicted octanol–water partition coefficient (Wildman–Crippen LogP) is 2.99. The van der Waals surface area contributed by atoms with Gasteiger partial charge in [0.2, 0.25) is 0 Å². The molecule has 4 heteroatoms. The number of carbonyl (C=O) groups is 1. The summed E-state index contributed by atoms with van der Waals surface area (Å²) in [6, 6.07) is 7.85. The quantitative estimate of drug-likeness (QED) is 0.797. The van der Waals surface area contributed by atoms with E-state index in [2.05, 4.69) is 30.7 Å². The molecule has 3 nitrogen and oxygen atoms in total. The van der Waals surface area contributed by atoms with E-state index in [9.17, 15) is 4.79 Å². The molecule has 0 saturated carbocycles. The minimum absolute atomic E-state index is 0.0129. The van der Waals surface area contributed by atoms with Crippen LogP contribution in [0.3, 0.4) is 0 Å². The molecular formula is C14H22N2OS. The van der Waals surface area contributed by atoms with Crippen molar-refractivity contribution in [1.29, 1.82) is 0 Å². The summed E-state index contributed by atoms with van der Waals surface area (Å²) < 4.78 is 0. The SMILES string of the molecule is CCNc1ccc(C(=O)NC(CC)CSC)cc1. The fourth-order valence-corrected chi connectivity index (χ4v) is 2.40. The van der Waals surface area contributed by atoms with Crippen LogP contribution in [0.1, 0.15) is 30.6 Å². The summed E-state index contributed by atoms with van der Waals surface area (Å²) in [6.45, 7) is 5.03. The molecule has 1 atom stereocenters. The molecule has 0 aliphatic carbocycles. The number of amides is 1. The Bertz CT molecular complexity index is 365. The summed E-state index contributed by atoms with van der Waals surface area (Å²) in [5, 5.41) is 6.27. The van der Waals surface area contributed by atoms with E-state index in [1.807, 2.05) is 24.3 Å². The summed E-state index contributed by atoms with van der Waals surface area (Å²) >= 11 is 1.76. The first kappa shape index (κ1) is 14.9. The van der Waals surface area contributed by atoms with Gasteiger partial charge in [-0.05, 0) is 43.9 Å². The average Bonchev–Trinajstić information content (AvgIpc) is 2.39. The van der Waals surface area contributed by atoms with Gasteiger partial charge in [-0.1, -0.05) is 6.92 Å². The van der Waals surface area contributed by atoms with Crippen LogP contribution in [0.2, 0.25) is 0 Å². The van der Waals surface area contributed by atoms with Crippen LogP contribution in [0.5, 0.6) is 0 Å². The molecule has 0 radical (unpaired) electrons. The van der Waals surface area contributed by atoms with E-state index in [4.69, 9.17) is 0 Å². The zero-order valence-electron chi connectivity index (χ0n) is 11.3. The fourth-order valence-electron chi connectivity index (χ4n) is 1.68. The molecule has 100 valence electrons. The Morgan fingerprint density at radius 1 is 1.28 bits per heavy atom. The van der Waals surface area contributed by atoms with Gasteiger partial charge in [0.25, 0.3) is 5.91 Å². The van der Waals surface area contributed by atoms with Crippen molar-refractivity contribution in [2.45, 2.75) is 26.3 Å². The van der Waals surface area contributed by atoms with Crippen molar-refractivity contribution in [2.75, 3.05) is 23.9 Å². The molecule has 1 aromatic carbocycles. The Hall–Kier alpha value is -1.16. The summed E-state index contributed by atoms with van der Waals surface area (Å²) in [5.74, 6) is 0.969. The normalized spacial score (nSPS) is 11.9. The summed E-state index contributed by atoms with van der Waals surface area (Å²) in [7, 11) is 0. The summed E-state index contributed by atoms with van der Waals surface area (Å²) in [4.78, 5) is 12.0. The van der Waals surface area contributed by atoms with Gasteiger partial charge in [-0.15, -0.1) is 0 Å². The van der Waals surface area contributed by atoms with Gasteiger partial charge in [0.05, 0.1) is 0 Å². The molecule has 1 unspecified atom stereocenters. The monoisotopic (exact) mass is 266 g/mol. The van der Waals surface area contributed by atoms with Crippen LogP contribution in [-0.4, -0.2) is 30.5 Å². The van der Waals surface area contributed by atoms with Gasteiger partial charge in [-0.2, -0.15) is 11.8 Å². The molecule has 0 aliphatic rings. The molecule has 0 bridgehead atoms. The number of anilines is 1. The smallest absolute Gasteiger partial charge is 0.251 e. The Labute approximate surface area is 114 Å². The van der Waals surface area contributed by atoms with Crippen LogP contribution in [0.15, 0.2) is 24.3 Å². The van der Waals surface area contributed by atoms with Crippen LogP contribution in [0.4, 0.5) is 5.69 Å². The van der Waals surface area contributed by atoms with E-state index >= 15 is 0 Å². The first-order valence-electron chi connectivity index (χ1n) is 6.35. The van der Waals surface area contributed by atoms with Gasteiger partial charge in [0.1, 0.15) is 0 Å². The van der Waals surface area contributed by atoms with Crippen molar-refractivity contribution in [3.63, 3.8) is 0 Å². The van der Waals surface area contributed by atoms with Crippen LogP contribution >= 0.6 is 11.8 Å². The van der Waals surface area contributed by atoms with E-state index in [0.717, 1.165) is 30.0 Å². The van der Waals surface area contributed by atoms with Crippen LogP contribution in [-0.2, 0) is 0 Å². The van der Waals surface area contributed by atoms with Crippen molar-refractivity contribution in [1.82, 2.24) is 5.32 Å². The van der Waals surface area contributed by atoms with Gasteiger partial charge in [0.15, 0.2) is 0 Å². The molecule has 2 N–H and O–H groups in total. The van der Waals surface area contributed by atoms with E-state index in [0.29, 0.717) is 0 Å². The largest absolute Gasteiger partial charge is 0.385 e. The molecule has 0 spiro atoms. The van der Waals surface area contributed by atoms with Crippen molar-refractivity contribution in [3.8, 4) is 0 Å². The second-order valence-electron chi connectivity index (χ2n) is 4.14. The Morgan fingerprint density at radius 2 is 1.94 bits per heavy atom. The Kier molecular flexibility index (Phi) is 6.65. The third-order valence-corrected chi connectivity index (χ3v) is 3.46. The lowest BCUT2D eigenvalue weighted by molar-refractivity contribution is 0.0940. The lowest BCUT2D eigenvalue weighted by atomic mass is 10.1. The topological polar surface area (TPSA) is 41.1 Å². The number of hydrogen-bond donors (Lipinski definition) is 2. The number of hydrogen-bond acceptors (Lipinski definition) is 3. The second-order valence-corrected chi connectivity index (χ2v) is 5.05. The minimum Gasteiger partial charge on any atom is -0.385 e. The van der Waals surface area contributed by atoms with Crippen molar-refractivity contribution < 1.29 is 4.79 Å². The first-order chi connectivity index (χ1) is 8.71. The lowest BCUT2D eigenvalue weighted by Gasteiger charge is -2.15. The first-order valence-corrected chi connectivity index (χ1v) is 7.74. The zero-order chi connectivity index (χ0) is 13.4. The second kappa shape index (κ2) is 8.03. The van der Waals surface area contributed by atoms with Crippen molar-refractivity contribution in [3.05, 3.63) is 29.8 Å². The Morgan fingerprint density at radius 3 is 2.44 bits per heavy atom. The van der Waals surface area contributed by atoms with Gasteiger partial charge in [-0.3, -0.25) is 4.79 Å². The number of carbonyl (C=O) groups excluding carboxylic acids is 1. The molecule has 0 aliphatic heterocycles. The third kappa shape index (κ3) is 4.61. The average molecular weight is 266 g/mol. The fraction of sp³-hybridized carbons (Fsp3) is 0.500. The standard InChI is InChI=1S/C14H22N2OS/c1-4-12(10-18-3)16-14(17)11-6-8-13(9-7-11)15-5-2/h6-9,12,15H,4-5,10H2,1-3H3,(H,16,17). The molecule has 1 aromatic rings. The highest BCUT2D eigenvalue weighted by Crippen LogP contribution is 2.10. The van der Waals surface area contributed by atoms with Crippen LogP contribution in [0, 0.1) is 0 Å². The van der Waals surface area contributed by atoms with Gasteiger partial charge in [0, 0.05) is 29.6 Å². The summed E-state index contributed by atoms with van der Waals surface area (Å²) in [6.07, 6.45) is 3.02. The predicted molar refractivity (Wildman–Crippen MR) is 80.5 cm³/mol.